The van der Waals surface area contributed by atoms with Gasteiger partial charge in [-0.05, 0) is 45.5 Å². The molecule has 2 N–H and O–H groups in total. The van der Waals surface area contributed by atoms with E-state index in [-0.39, 0.29) is 30.0 Å². The highest BCUT2D eigenvalue weighted by molar-refractivity contribution is 14.0. The highest BCUT2D eigenvalue weighted by atomic mass is 127. The SMILES string of the molecule is CCNC(=NCCCN(CC)CC)NC(C)c1ccccc1.I. The van der Waals surface area contributed by atoms with Crippen molar-refractivity contribution in [1.82, 2.24) is 15.5 Å². The second-order valence-corrected chi connectivity index (χ2v) is 5.42. The third-order valence-electron chi connectivity index (χ3n) is 3.79. The summed E-state index contributed by atoms with van der Waals surface area (Å²) < 4.78 is 0. The molecule has 5 heteroatoms. The van der Waals surface area contributed by atoms with Crippen molar-refractivity contribution in [3.8, 4) is 0 Å². The zero-order chi connectivity index (χ0) is 16.2. The van der Waals surface area contributed by atoms with Gasteiger partial charge in [0.2, 0.25) is 0 Å². The molecule has 23 heavy (non-hydrogen) atoms. The lowest BCUT2D eigenvalue weighted by atomic mass is 10.1. The monoisotopic (exact) mass is 432 g/mol. The third-order valence-corrected chi connectivity index (χ3v) is 3.79. The summed E-state index contributed by atoms with van der Waals surface area (Å²) in [4.78, 5) is 7.12. The molecule has 0 saturated carbocycles. The number of hydrogen-bond donors (Lipinski definition) is 2. The van der Waals surface area contributed by atoms with Crippen molar-refractivity contribution in [2.75, 3.05) is 32.7 Å². The predicted molar refractivity (Wildman–Crippen MR) is 112 cm³/mol. The molecule has 132 valence electrons. The van der Waals surface area contributed by atoms with E-state index in [0.29, 0.717) is 0 Å². The Bertz CT molecular complexity index is 418. The quantitative estimate of drug-likeness (QED) is 0.271. The van der Waals surface area contributed by atoms with Crippen LogP contribution in [-0.4, -0.2) is 43.6 Å². The van der Waals surface area contributed by atoms with E-state index in [2.05, 4.69) is 72.5 Å². The average molecular weight is 432 g/mol. The summed E-state index contributed by atoms with van der Waals surface area (Å²) in [6.45, 7) is 13.8. The van der Waals surface area contributed by atoms with E-state index in [0.717, 1.165) is 45.1 Å². The molecule has 0 fully saturated rings. The Kier molecular flexibility index (Phi) is 13.1. The van der Waals surface area contributed by atoms with Crippen LogP contribution in [-0.2, 0) is 0 Å². The molecule has 1 unspecified atom stereocenters. The van der Waals surface area contributed by atoms with Gasteiger partial charge < -0.3 is 15.5 Å². The summed E-state index contributed by atoms with van der Waals surface area (Å²) in [7, 11) is 0. The number of guanidine groups is 1. The van der Waals surface area contributed by atoms with Gasteiger partial charge in [0.15, 0.2) is 5.96 Å². The van der Waals surface area contributed by atoms with E-state index in [1.54, 1.807) is 0 Å². The smallest absolute Gasteiger partial charge is 0.191 e. The first-order valence-corrected chi connectivity index (χ1v) is 8.53. The Labute approximate surface area is 159 Å². The van der Waals surface area contributed by atoms with Crippen LogP contribution in [0.15, 0.2) is 35.3 Å². The van der Waals surface area contributed by atoms with E-state index in [9.17, 15) is 0 Å². The number of benzene rings is 1. The fourth-order valence-corrected chi connectivity index (χ4v) is 2.38. The first-order valence-electron chi connectivity index (χ1n) is 8.53. The molecule has 0 aromatic heterocycles. The summed E-state index contributed by atoms with van der Waals surface area (Å²) in [5.74, 6) is 0.901. The van der Waals surface area contributed by atoms with Crippen molar-refractivity contribution in [3.63, 3.8) is 0 Å². The number of nitrogens with one attached hydrogen (secondary N) is 2. The van der Waals surface area contributed by atoms with Crippen molar-refractivity contribution < 1.29 is 0 Å². The summed E-state index contributed by atoms with van der Waals surface area (Å²) >= 11 is 0. The van der Waals surface area contributed by atoms with Gasteiger partial charge >= 0.3 is 0 Å². The summed E-state index contributed by atoms with van der Waals surface area (Å²) in [6.07, 6.45) is 1.10. The van der Waals surface area contributed by atoms with Gasteiger partial charge in [0.05, 0.1) is 6.04 Å². The maximum absolute atomic E-state index is 4.69. The number of rotatable bonds is 9. The van der Waals surface area contributed by atoms with E-state index in [4.69, 9.17) is 0 Å². The first kappa shape index (κ1) is 22.2. The van der Waals surface area contributed by atoms with Crippen LogP contribution in [0.1, 0.15) is 45.7 Å². The number of halogens is 1. The minimum Gasteiger partial charge on any atom is -0.357 e. The van der Waals surface area contributed by atoms with Gasteiger partial charge in [-0.1, -0.05) is 44.2 Å². The highest BCUT2D eigenvalue weighted by Crippen LogP contribution is 2.10. The minimum atomic E-state index is 0. The van der Waals surface area contributed by atoms with Crippen molar-refractivity contribution >= 4 is 29.9 Å². The number of hydrogen-bond acceptors (Lipinski definition) is 2. The van der Waals surface area contributed by atoms with Crippen LogP contribution in [0.3, 0.4) is 0 Å². The number of aliphatic imine (C=N–C) groups is 1. The van der Waals surface area contributed by atoms with Gasteiger partial charge in [-0.2, -0.15) is 0 Å². The van der Waals surface area contributed by atoms with Gasteiger partial charge in [-0.15, -0.1) is 24.0 Å². The van der Waals surface area contributed by atoms with E-state index < -0.39 is 0 Å². The molecule has 0 aliphatic heterocycles. The predicted octanol–water partition coefficient (Wildman–Crippen LogP) is 3.65. The Morgan fingerprint density at radius 2 is 1.78 bits per heavy atom. The maximum Gasteiger partial charge on any atom is 0.191 e. The Morgan fingerprint density at radius 1 is 1.13 bits per heavy atom. The summed E-state index contributed by atoms with van der Waals surface area (Å²) in [5, 5.41) is 6.80. The van der Waals surface area contributed by atoms with Crippen molar-refractivity contribution in [2.45, 2.75) is 40.2 Å². The van der Waals surface area contributed by atoms with Crippen LogP contribution in [0.25, 0.3) is 0 Å². The lowest BCUT2D eigenvalue weighted by molar-refractivity contribution is 0.302. The van der Waals surface area contributed by atoms with Gasteiger partial charge in [-0.3, -0.25) is 4.99 Å². The number of nitrogens with zero attached hydrogens (tertiary/aromatic N) is 2. The summed E-state index contributed by atoms with van der Waals surface area (Å²) in [5.41, 5.74) is 1.27. The van der Waals surface area contributed by atoms with Crippen LogP contribution in [0.2, 0.25) is 0 Å². The second-order valence-electron chi connectivity index (χ2n) is 5.42. The fourth-order valence-electron chi connectivity index (χ4n) is 2.38. The topological polar surface area (TPSA) is 39.7 Å². The lowest BCUT2D eigenvalue weighted by Gasteiger charge is -2.19. The Balaban J connectivity index is 0.00000484. The normalized spacial score (nSPS) is 12.7. The van der Waals surface area contributed by atoms with Crippen LogP contribution in [0, 0.1) is 0 Å². The molecule has 1 aromatic carbocycles. The molecular weight excluding hydrogens is 399 g/mol. The maximum atomic E-state index is 4.69. The van der Waals surface area contributed by atoms with Crippen LogP contribution in [0.5, 0.6) is 0 Å². The zero-order valence-electron chi connectivity index (χ0n) is 15.0. The van der Waals surface area contributed by atoms with Crippen LogP contribution in [0.4, 0.5) is 0 Å². The second kappa shape index (κ2) is 13.6. The molecule has 0 radical (unpaired) electrons. The lowest BCUT2D eigenvalue weighted by Crippen LogP contribution is -2.39. The fraction of sp³-hybridized carbons (Fsp3) is 0.611. The molecule has 0 aliphatic carbocycles. The standard InChI is InChI=1S/C18H32N4.HI/c1-5-19-18(20-14-11-15-22(6-2)7-3)21-16(4)17-12-9-8-10-13-17;/h8-10,12-13,16H,5-7,11,14-15H2,1-4H3,(H2,19,20,21);1H. The van der Waals surface area contributed by atoms with E-state index in [1.165, 1.54) is 5.56 Å². The Hall–Kier alpha value is -0.820. The van der Waals surface area contributed by atoms with Gasteiger partial charge in [-0.25, -0.2) is 0 Å². The molecule has 1 aromatic rings. The van der Waals surface area contributed by atoms with Crippen molar-refractivity contribution in [3.05, 3.63) is 35.9 Å². The molecule has 0 spiro atoms. The highest BCUT2D eigenvalue weighted by Gasteiger charge is 2.06. The molecule has 0 aliphatic rings. The van der Waals surface area contributed by atoms with Gasteiger partial charge in [0, 0.05) is 13.1 Å². The zero-order valence-corrected chi connectivity index (χ0v) is 17.3. The molecule has 4 nitrogen and oxygen atoms in total. The largest absolute Gasteiger partial charge is 0.357 e. The minimum absolute atomic E-state index is 0. The molecule has 0 amide bonds. The first-order chi connectivity index (χ1) is 10.7. The van der Waals surface area contributed by atoms with Crippen molar-refractivity contribution in [1.29, 1.82) is 0 Å². The average Bonchev–Trinajstić information content (AvgIpc) is 2.56. The van der Waals surface area contributed by atoms with Crippen LogP contribution < -0.4 is 10.6 Å². The van der Waals surface area contributed by atoms with Crippen LogP contribution >= 0.6 is 24.0 Å². The van der Waals surface area contributed by atoms with Crippen molar-refractivity contribution in [2.24, 2.45) is 4.99 Å². The van der Waals surface area contributed by atoms with E-state index >= 15 is 0 Å². The molecular formula is C18H33IN4. The Morgan fingerprint density at radius 3 is 2.35 bits per heavy atom. The molecule has 1 rings (SSSR count). The third kappa shape index (κ3) is 9.15. The van der Waals surface area contributed by atoms with Gasteiger partial charge in [0.1, 0.15) is 0 Å². The van der Waals surface area contributed by atoms with Gasteiger partial charge in [0.25, 0.3) is 0 Å². The summed E-state index contributed by atoms with van der Waals surface area (Å²) in [6, 6.07) is 10.7. The molecule has 1 atom stereocenters. The van der Waals surface area contributed by atoms with E-state index in [1.807, 2.05) is 6.07 Å². The molecule has 0 bridgehead atoms. The molecule has 0 saturated heterocycles. The molecule has 0 heterocycles.